The maximum Gasteiger partial charge on any atom is 0.259 e. The van der Waals surface area contributed by atoms with Crippen molar-refractivity contribution in [2.24, 2.45) is 5.10 Å². The van der Waals surface area contributed by atoms with Gasteiger partial charge in [0.15, 0.2) is 23.0 Å². The molecule has 0 radical (unpaired) electrons. The van der Waals surface area contributed by atoms with Gasteiger partial charge in [0, 0.05) is 11.1 Å². The van der Waals surface area contributed by atoms with E-state index < -0.39 is 11.8 Å². The molecule has 0 bridgehead atoms. The van der Waals surface area contributed by atoms with E-state index in [0.717, 1.165) is 5.56 Å². The van der Waals surface area contributed by atoms with Crippen LogP contribution >= 0.6 is 0 Å². The van der Waals surface area contributed by atoms with Crippen LogP contribution in [0.4, 0.5) is 0 Å². The number of hydrogen-bond donors (Lipinski definition) is 2. The van der Waals surface area contributed by atoms with Crippen molar-refractivity contribution in [3.05, 3.63) is 82.9 Å². The molecule has 0 saturated heterocycles. The number of carbonyl (C=O) groups excluding carboxylic acids is 2. The molecule has 0 atom stereocenters. The summed E-state index contributed by atoms with van der Waals surface area (Å²) in [5, 5.41) is 15.7. The van der Waals surface area contributed by atoms with Gasteiger partial charge in [0.25, 0.3) is 11.8 Å². The second kappa shape index (κ2) is 11.4. The largest absolute Gasteiger partial charge is 0.493 e. The monoisotopic (exact) mass is 486 g/mol. The molecule has 1 aliphatic heterocycles. The van der Waals surface area contributed by atoms with Crippen LogP contribution in [0.2, 0.25) is 0 Å². The van der Waals surface area contributed by atoms with Crippen LogP contribution < -0.4 is 29.7 Å². The Bertz CT molecular complexity index is 1350. The Hall–Kier alpha value is -5.04. The van der Waals surface area contributed by atoms with Gasteiger partial charge in [-0.05, 0) is 48.0 Å². The molecule has 2 N–H and O–H groups in total. The van der Waals surface area contributed by atoms with E-state index in [1.807, 2.05) is 12.1 Å². The van der Waals surface area contributed by atoms with Gasteiger partial charge in [0.1, 0.15) is 6.61 Å². The number of nitrogens with one attached hydrogen (secondary N) is 2. The van der Waals surface area contributed by atoms with E-state index in [2.05, 4.69) is 21.9 Å². The molecule has 10 heteroatoms. The fourth-order valence-electron chi connectivity index (χ4n) is 3.31. The normalized spacial score (nSPS) is 11.6. The van der Waals surface area contributed by atoms with Gasteiger partial charge in [-0.25, -0.2) is 5.43 Å². The number of fused-ring (bicyclic) bond motifs is 1. The summed E-state index contributed by atoms with van der Waals surface area (Å²) in [6.45, 7) is 0.0613. The van der Waals surface area contributed by atoms with Crippen molar-refractivity contribution in [3.8, 4) is 29.1 Å². The minimum absolute atomic E-state index is 0.110. The van der Waals surface area contributed by atoms with Crippen LogP contribution in [0.3, 0.4) is 0 Å². The molecule has 0 spiro atoms. The predicted molar refractivity (Wildman–Crippen MR) is 129 cm³/mol. The van der Waals surface area contributed by atoms with Crippen LogP contribution in [-0.4, -0.2) is 38.5 Å². The number of methoxy groups -OCH3 is 1. The lowest BCUT2D eigenvalue weighted by atomic mass is 10.1. The van der Waals surface area contributed by atoms with Gasteiger partial charge in [-0.15, -0.1) is 0 Å². The van der Waals surface area contributed by atoms with Gasteiger partial charge in [-0.3, -0.25) is 9.59 Å². The molecule has 0 saturated carbocycles. The molecule has 10 nitrogen and oxygen atoms in total. The third-order valence-corrected chi connectivity index (χ3v) is 5.16. The Balaban J connectivity index is 1.28. The topological polar surface area (TPSA) is 131 Å². The second-order valence-electron chi connectivity index (χ2n) is 7.51. The van der Waals surface area contributed by atoms with Crippen molar-refractivity contribution in [2.45, 2.75) is 6.61 Å². The molecule has 2 amide bonds. The summed E-state index contributed by atoms with van der Waals surface area (Å²) in [7, 11) is 1.51. The standard InChI is InChI=1S/C26H22N4O6/c1-33-23-10-17(6-8-21(23)34-15-20-5-3-2-4-19(20)12-27)13-29-30-25(31)14-28-26(32)18-7-9-22-24(11-18)36-16-35-22/h2-11,13H,14-16H2,1H3,(H,28,32)(H,30,31)/b29-13+. The fourth-order valence-corrected chi connectivity index (χ4v) is 3.31. The Morgan fingerprint density at radius 1 is 1.08 bits per heavy atom. The summed E-state index contributed by atoms with van der Waals surface area (Å²) in [5.74, 6) is 1.09. The number of benzene rings is 3. The van der Waals surface area contributed by atoms with Crippen molar-refractivity contribution in [1.29, 1.82) is 5.26 Å². The summed E-state index contributed by atoms with van der Waals surface area (Å²) in [6, 6.07) is 19.3. The zero-order valence-corrected chi connectivity index (χ0v) is 19.3. The van der Waals surface area contributed by atoms with Crippen LogP contribution in [0, 0.1) is 11.3 Å². The van der Waals surface area contributed by atoms with Crippen molar-refractivity contribution in [2.75, 3.05) is 20.4 Å². The van der Waals surface area contributed by atoms with E-state index in [4.69, 9.17) is 18.9 Å². The van der Waals surface area contributed by atoms with Crippen molar-refractivity contribution in [1.82, 2.24) is 10.7 Å². The van der Waals surface area contributed by atoms with E-state index in [-0.39, 0.29) is 19.9 Å². The summed E-state index contributed by atoms with van der Waals surface area (Å²) < 4.78 is 21.7. The molecular formula is C26H22N4O6. The lowest BCUT2D eigenvalue weighted by Gasteiger charge is -2.12. The zero-order chi connectivity index (χ0) is 25.3. The number of ether oxygens (including phenoxy) is 4. The van der Waals surface area contributed by atoms with E-state index in [9.17, 15) is 14.9 Å². The highest BCUT2D eigenvalue weighted by Crippen LogP contribution is 2.32. The lowest BCUT2D eigenvalue weighted by Crippen LogP contribution is -2.34. The average molecular weight is 486 g/mol. The fraction of sp³-hybridized carbons (Fsp3) is 0.154. The van der Waals surface area contributed by atoms with Gasteiger partial charge < -0.3 is 24.3 Å². The molecule has 182 valence electrons. The van der Waals surface area contributed by atoms with Gasteiger partial charge in [-0.2, -0.15) is 10.4 Å². The molecule has 1 heterocycles. The Morgan fingerprint density at radius 3 is 2.75 bits per heavy atom. The molecule has 36 heavy (non-hydrogen) atoms. The van der Waals surface area contributed by atoms with Crippen LogP contribution in [-0.2, 0) is 11.4 Å². The second-order valence-corrected chi connectivity index (χ2v) is 7.51. The SMILES string of the molecule is COc1cc(/C=N/NC(=O)CNC(=O)c2ccc3c(c2)OCO3)ccc1OCc1ccccc1C#N. The molecule has 0 aromatic heterocycles. The van der Waals surface area contributed by atoms with Crippen LogP contribution in [0.15, 0.2) is 65.8 Å². The van der Waals surface area contributed by atoms with E-state index in [0.29, 0.717) is 39.7 Å². The first kappa shape index (κ1) is 24.1. The van der Waals surface area contributed by atoms with Crippen molar-refractivity contribution >= 4 is 18.0 Å². The minimum Gasteiger partial charge on any atom is -0.493 e. The molecule has 1 aliphatic rings. The maximum absolute atomic E-state index is 12.3. The number of nitrogens with zero attached hydrogens (tertiary/aromatic N) is 2. The highest BCUT2D eigenvalue weighted by atomic mass is 16.7. The molecule has 0 aliphatic carbocycles. The number of hydrogen-bond acceptors (Lipinski definition) is 8. The third kappa shape index (κ3) is 5.90. The first-order chi connectivity index (χ1) is 17.6. The number of nitriles is 1. The number of hydrazone groups is 1. The average Bonchev–Trinajstić information content (AvgIpc) is 3.39. The number of rotatable bonds is 9. The van der Waals surface area contributed by atoms with Gasteiger partial charge >= 0.3 is 0 Å². The first-order valence-electron chi connectivity index (χ1n) is 10.9. The highest BCUT2D eigenvalue weighted by Gasteiger charge is 2.16. The Morgan fingerprint density at radius 2 is 1.92 bits per heavy atom. The molecule has 3 aromatic rings. The number of carbonyl (C=O) groups is 2. The van der Waals surface area contributed by atoms with Gasteiger partial charge in [0.05, 0.1) is 31.5 Å². The highest BCUT2D eigenvalue weighted by molar-refractivity contribution is 5.97. The first-order valence-corrected chi connectivity index (χ1v) is 10.9. The zero-order valence-electron chi connectivity index (χ0n) is 19.3. The van der Waals surface area contributed by atoms with E-state index >= 15 is 0 Å². The summed E-state index contributed by atoms with van der Waals surface area (Å²) in [4.78, 5) is 24.3. The molecule has 3 aromatic carbocycles. The summed E-state index contributed by atoms with van der Waals surface area (Å²) in [6.07, 6.45) is 1.44. The molecule has 4 rings (SSSR count). The molecule has 0 fully saturated rings. The quantitative estimate of drug-likeness (QED) is 0.351. The third-order valence-electron chi connectivity index (χ3n) is 5.16. The Labute approximate surface area is 207 Å². The van der Waals surface area contributed by atoms with Crippen molar-refractivity contribution in [3.63, 3.8) is 0 Å². The molecular weight excluding hydrogens is 464 g/mol. The van der Waals surface area contributed by atoms with Crippen LogP contribution in [0.25, 0.3) is 0 Å². The lowest BCUT2D eigenvalue weighted by molar-refractivity contribution is -0.120. The van der Waals surface area contributed by atoms with Gasteiger partial charge in [-0.1, -0.05) is 18.2 Å². The summed E-state index contributed by atoms with van der Waals surface area (Å²) in [5.41, 5.74) is 4.67. The van der Waals surface area contributed by atoms with E-state index in [1.165, 1.54) is 13.3 Å². The Kier molecular flexibility index (Phi) is 7.63. The molecule has 0 unspecified atom stereocenters. The maximum atomic E-state index is 12.3. The van der Waals surface area contributed by atoms with Gasteiger partial charge in [0.2, 0.25) is 6.79 Å². The number of amides is 2. The predicted octanol–water partition coefficient (Wildman–Crippen LogP) is 2.75. The van der Waals surface area contributed by atoms with E-state index in [1.54, 1.807) is 48.5 Å². The minimum atomic E-state index is -0.497. The van der Waals surface area contributed by atoms with Crippen molar-refractivity contribution < 1.29 is 28.5 Å². The summed E-state index contributed by atoms with van der Waals surface area (Å²) >= 11 is 0. The van der Waals surface area contributed by atoms with Crippen LogP contribution in [0.5, 0.6) is 23.0 Å². The van der Waals surface area contributed by atoms with Crippen LogP contribution in [0.1, 0.15) is 27.0 Å². The smallest absolute Gasteiger partial charge is 0.259 e.